The smallest absolute Gasteiger partial charge is 0.191 e. The minimum atomic E-state index is 0. The summed E-state index contributed by atoms with van der Waals surface area (Å²) in [7, 11) is 4.05. The number of likely N-dealkylation sites (tertiary alicyclic amines) is 1. The zero-order valence-electron chi connectivity index (χ0n) is 14.6. The van der Waals surface area contributed by atoms with Crippen molar-refractivity contribution in [2.24, 2.45) is 10.9 Å². The third kappa shape index (κ3) is 7.08. The van der Waals surface area contributed by atoms with E-state index in [0.717, 1.165) is 25.0 Å². The van der Waals surface area contributed by atoms with Crippen molar-refractivity contribution >= 4 is 29.9 Å². The fourth-order valence-electron chi connectivity index (χ4n) is 2.88. The lowest BCUT2D eigenvalue weighted by molar-refractivity contribution is 0.220. The highest BCUT2D eigenvalue weighted by molar-refractivity contribution is 14.0. The number of halogens is 1. The predicted molar refractivity (Wildman–Crippen MR) is 110 cm³/mol. The van der Waals surface area contributed by atoms with Gasteiger partial charge in [-0.1, -0.05) is 37.3 Å². The summed E-state index contributed by atoms with van der Waals surface area (Å²) in [6.45, 7) is 6.59. The Morgan fingerprint density at radius 1 is 1.22 bits per heavy atom. The molecule has 0 saturated carbocycles. The van der Waals surface area contributed by atoms with Gasteiger partial charge in [0.25, 0.3) is 0 Å². The van der Waals surface area contributed by atoms with Crippen LogP contribution in [-0.2, 0) is 0 Å². The van der Waals surface area contributed by atoms with Crippen molar-refractivity contribution in [1.29, 1.82) is 0 Å². The molecule has 1 aliphatic rings. The molecule has 1 atom stereocenters. The quantitative estimate of drug-likeness (QED) is 0.429. The number of piperidine rings is 1. The number of benzene rings is 1. The zero-order valence-corrected chi connectivity index (χ0v) is 16.9. The van der Waals surface area contributed by atoms with Crippen LogP contribution in [0, 0.1) is 5.92 Å². The Morgan fingerprint density at radius 2 is 1.87 bits per heavy atom. The first-order valence-corrected chi connectivity index (χ1v) is 8.37. The van der Waals surface area contributed by atoms with Gasteiger partial charge in [-0.25, -0.2) is 0 Å². The second-order valence-electron chi connectivity index (χ2n) is 6.39. The van der Waals surface area contributed by atoms with Gasteiger partial charge in [-0.2, -0.15) is 0 Å². The molecule has 0 aliphatic carbocycles. The van der Waals surface area contributed by atoms with Gasteiger partial charge in [0.15, 0.2) is 5.96 Å². The molecule has 2 N–H and O–H groups in total. The Bertz CT molecular complexity index is 455. The minimum absolute atomic E-state index is 0. The van der Waals surface area contributed by atoms with Crippen molar-refractivity contribution in [2.45, 2.75) is 25.7 Å². The van der Waals surface area contributed by atoms with Gasteiger partial charge in [-0.05, 0) is 50.4 Å². The number of hydrogen-bond donors (Lipinski definition) is 2. The van der Waals surface area contributed by atoms with Crippen LogP contribution < -0.4 is 10.6 Å². The monoisotopic (exact) mass is 430 g/mol. The number of hydrogen-bond acceptors (Lipinski definition) is 2. The van der Waals surface area contributed by atoms with Crippen molar-refractivity contribution in [3.63, 3.8) is 0 Å². The summed E-state index contributed by atoms with van der Waals surface area (Å²) in [4.78, 5) is 6.74. The normalized spacial score (nSPS) is 18.1. The molecule has 0 bridgehead atoms. The SMILES string of the molecule is CN=C(NCC1CCN(C)CC1)NCC(C)c1ccccc1.I. The van der Waals surface area contributed by atoms with Gasteiger partial charge in [-0.3, -0.25) is 4.99 Å². The number of nitrogens with one attached hydrogen (secondary N) is 2. The highest BCUT2D eigenvalue weighted by Crippen LogP contribution is 2.15. The molecule has 1 aliphatic heterocycles. The fraction of sp³-hybridized carbons (Fsp3) is 0.611. The van der Waals surface area contributed by atoms with E-state index in [0.29, 0.717) is 5.92 Å². The van der Waals surface area contributed by atoms with Gasteiger partial charge in [0.05, 0.1) is 0 Å². The molecule has 0 amide bonds. The van der Waals surface area contributed by atoms with Crippen LogP contribution in [0.5, 0.6) is 0 Å². The molecule has 0 aromatic heterocycles. The van der Waals surface area contributed by atoms with E-state index in [9.17, 15) is 0 Å². The average Bonchev–Trinajstić information content (AvgIpc) is 2.57. The van der Waals surface area contributed by atoms with Crippen LogP contribution in [-0.4, -0.2) is 51.1 Å². The second kappa shape index (κ2) is 10.9. The highest BCUT2D eigenvalue weighted by Gasteiger charge is 2.16. The zero-order chi connectivity index (χ0) is 15.8. The first-order chi connectivity index (χ1) is 10.7. The molecule has 0 radical (unpaired) electrons. The van der Waals surface area contributed by atoms with Crippen LogP contribution in [0.4, 0.5) is 0 Å². The van der Waals surface area contributed by atoms with Crippen molar-refractivity contribution in [3.8, 4) is 0 Å². The van der Waals surface area contributed by atoms with Gasteiger partial charge in [-0.15, -0.1) is 24.0 Å². The van der Waals surface area contributed by atoms with E-state index in [4.69, 9.17) is 0 Å². The molecular weight excluding hydrogens is 399 g/mol. The predicted octanol–water partition coefficient (Wildman–Crippen LogP) is 2.91. The lowest BCUT2D eigenvalue weighted by Crippen LogP contribution is -2.43. The molecule has 1 heterocycles. The highest BCUT2D eigenvalue weighted by atomic mass is 127. The molecule has 2 rings (SSSR count). The third-order valence-corrected chi connectivity index (χ3v) is 4.56. The number of rotatable bonds is 5. The Hall–Kier alpha value is -0.820. The molecular formula is C18H31IN4. The Labute approximate surface area is 158 Å². The van der Waals surface area contributed by atoms with Crippen LogP contribution in [0.15, 0.2) is 35.3 Å². The van der Waals surface area contributed by atoms with E-state index in [1.807, 2.05) is 7.05 Å². The molecule has 5 heteroatoms. The minimum Gasteiger partial charge on any atom is -0.356 e. The molecule has 23 heavy (non-hydrogen) atoms. The van der Waals surface area contributed by atoms with Crippen molar-refractivity contribution < 1.29 is 0 Å². The standard InChI is InChI=1S/C18H30N4.HI/c1-15(17-7-5-4-6-8-17)13-20-18(19-2)21-14-16-9-11-22(3)12-10-16;/h4-8,15-16H,9-14H2,1-3H3,(H2,19,20,21);1H. The Balaban J connectivity index is 0.00000264. The lowest BCUT2D eigenvalue weighted by Gasteiger charge is -2.29. The van der Waals surface area contributed by atoms with E-state index in [-0.39, 0.29) is 24.0 Å². The summed E-state index contributed by atoms with van der Waals surface area (Å²) >= 11 is 0. The van der Waals surface area contributed by atoms with Gasteiger partial charge in [0, 0.05) is 20.1 Å². The van der Waals surface area contributed by atoms with Gasteiger partial charge >= 0.3 is 0 Å². The van der Waals surface area contributed by atoms with Crippen molar-refractivity contribution in [2.75, 3.05) is 40.3 Å². The largest absolute Gasteiger partial charge is 0.356 e. The van der Waals surface area contributed by atoms with Crippen molar-refractivity contribution in [1.82, 2.24) is 15.5 Å². The average molecular weight is 430 g/mol. The maximum atomic E-state index is 4.34. The Kier molecular flexibility index (Phi) is 9.55. The van der Waals surface area contributed by atoms with Crippen molar-refractivity contribution in [3.05, 3.63) is 35.9 Å². The molecule has 1 unspecified atom stereocenters. The number of guanidine groups is 1. The maximum absolute atomic E-state index is 4.34. The van der Waals surface area contributed by atoms with Crippen LogP contribution in [0.3, 0.4) is 0 Å². The third-order valence-electron chi connectivity index (χ3n) is 4.56. The molecule has 130 valence electrons. The molecule has 4 nitrogen and oxygen atoms in total. The van der Waals surface area contributed by atoms with Crippen LogP contribution in [0.1, 0.15) is 31.2 Å². The van der Waals surface area contributed by atoms with Gasteiger partial charge < -0.3 is 15.5 Å². The summed E-state index contributed by atoms with van der Waals surface area (Å²) in [5.74, 6) is 2.16. The van der Waals surface area contributed by atoms with E-state index in [1.165, 1.54) is 31.5 Å². The van der Waals surface area contributed by atoms with Gasteiger partial charge in [0.2, 0.25) is 0 Å². The molecule has 1 aromatic carbocycles. The Morgan fingerprint density at radius 3 is 2.48 bits per heavy atom. The maximum Gasteiger partial charge on any atom is 0.191 e. The van der Waals surface area contributed by atoms with Crippen LogP contribution >= 0.6 is 24.0 Å². The summed E-state index contributed by atoms with van der Waals surface area (Å²) in [5.41, 5.74) is 1.36. The van der Waals surface area contributed by atoms with Crippen LogP contribution in [0.2, 0.25) is 0 Å². The number of nitrogens with zero attached hydrogens (tertiary/aromatic N) is 2. The fourth-order valence-corrected chi connectivity index (χ4v) is 2.88. The molecule has 0 spiro atoms. The van der Waals surface area contributed by atoms with Crippen LogP contribution in [0.25, 0.3) is 0 Å². The number of aliphatic imine (C=N–C) groups is 1. The van der Waals surface area contributed by atoms with E-state index < -0.39 is 0 Å². The molecule has 1 aromatic rings. The van der Waals surface area contributed by atoms with E-state index >= 15 is 0 Å². The first kappa shape index (κ1) is 20.2. The second-order valence-corrected chi connectivity index (χ2v) is 6.39. The van der Waals surface area contributed by atoms with E-state index in [2.05, 4.69) is 64.8 Å². The lowest BCUT2D eigenvalue weighted by atomic mass is 9.97. The molecule has 1 fully saturated rings. The topological polar surface area (TPSA) is 39.7 Å². The van der Waals surface area contributed by atoms with E-state index in [1.54, 1.807) is 0 Å². The summed E-state index contributed by atoms with van der Waals surface area (Å²) in [5, 5.41) is 6.93. The summed E-state index contributed by atoms with van der Waals surface area (Å²) in [6, 6.07) is 10.6. The van der Waals surface area contributed by atoms with Gasteiger partial charge in [0.1, 0.15) is 0 Å². The summed E-state index contributed by atoms with van der Waals surface area (Å²) in [6.07, 6.45) is 2.56. The molecule has 1 saturated heterocycles. The summed E-state index contributed by atoms with van der Waals surface area (Å²) < 4.78 is 0. The first-order valence-electron chi connectivity index (χ1n) is 8.37.